The van der Waals surface area contributed by atoms with Gasteiger partial charge < -0.3 is 10.8 Å². The third-order valence-electron chi connectivity index (χ3n) is 1.37. The van der Waals surface area contributed by atoms with Crippen LogP contribution >= 0.6 is 0 Å². The van der Waals surface area contributed by atoms with Crippen LogP contribution in [0, 0.1) is 0 Å². The van der Waals surface area contributed by atoms with Gasteiger partial charge >= 0.3 is 0 Å². The molecule has 2 nitrogen and oxygen atoms in total. The standard InChI is InChI=1S/C9H11NO/c10-7-3-5-8-4-1-2-6-9(8)11/h1-6,11H,7,10H2/b5-3+. The predicted molar refractivity (Wildman–Crippen MR) is 46.2 cm³/mol. The van der Waals surface area contributed by atoms with Crippen LogP contribution in [0.1, 0.15) is 5.56 Å². The van der Waals surface area contributed by atoms with Crippen molar-refractivity contribution < 1.29 is 5.11 Å². The van der Waals surface area contributed by atoms with Crippen LogP contribution in [-0.4, -0.2) is 11.7 Å². The van der Waals surface area contributed by atoms with E-state index in [4.69, 9.17) is 5.73 Å². The zero-order valence-electron chi connectivity index (χ0n) is 6.20. The van der Waals surface area contributed by atoms with Crippen molar-refractivity contribution >= 4 is 6.08 Å². The summed E-state index contributed by atoms with van der Waals surface area (Å²) in [7, 11) is 0. The number of hydrogen-bond donors (Lipinski definition) is 2. The molecule has 1 aromatic carbocycles. The van der Waals surface area contributed by atoms with E-state index < -0.39 is 0 Å². The molecule has 0 saturated heterocycles. The quantitative estimate of drug-likeness (QED) is 0.667. The fourth-order valence-corrected chi connectivity index (χ4v) is 0.823. The molecule has 0 unspecified atom stereocenters. The Morgan fingerprint density at radius 2 is 2.09 bits per heavy atom. The van der Waals surface area contributed by atoms with Crippen molar-refractivity contribution in [3.63, 3.8) is 0 Å². The highest BCUT2D eigenvalue weighted by molar-refractivity contribution is 5.56. The first-order valence-corrected chi connectivity index (χ1v) is 3.49. The highest BCUT2D eigenvalue weighted by Crippen LogP contribution is 2.16. The summed E-state index contributed by atoms with van der Waals surface area (Å²) in [5.41, 5.74) is 6.06. The van der Waals surface area contributed by atoms with Gasteiger partial charge in [-0.2, -0.15) is 0 Å². The normalized spacial score (nSPS) is 10.6. The van der Waals surface area contributed by atoms with Crippen molar-refractivity contribution in [2.75, 3.05) is 6.54 Å². The highest BCUT2D eigenvalue weighted by atomic mass is 16.3. The van der Waals surface area contributed by atoms with Gasteiger partial charge in [-0.3, -0.25) is 0 Å². The van der Waals surface area contributed by atoms with Crippen LogP contribution in [0.5, 0.6) is 5.75 Å². The number of para-hydroxylation sites is 1. The van der Waals surface area contributed by atoms with E-state index in [0.717, 1.165) is 5.56 Å². The Hall–Kier alpha value is -1.28. The van der Waals surface area contributed by atoms with Crippen molar-refractivity contribution in [1.29, 1.82) is 0 Å². The lowest BCUT2D eigenvalue weighted by Crippen LogP contribution is -1.91. The summed E-state index contributed by atoms with van der Waals surface area (Å²) in [5.74, 6) is 0.289. The van der Waals surface area contributed by atoms with Gasteiger partial charge in [0.1, 0.15) is 5.75 Å². The molecule has 0 aliphatic carbocycles. The van der Waals surface area contributed by atoms with E-state index in [0.29, 0.717) is 6.54 Å². The average molecular weight is 149 g/mol. The summed E-state index contributed by atoms with van der Waals surface area (Å²) >= 11 is 0. The van der Waals surface area contributed by atoms with Crippen LogP contribution < -0.4 is 5.73 Å². The largest absolute Gasteiger partial charge is 0.507 e. The molecule has 0 heterocycles. The van der Waals surface area contributed by atoms with Gasteiger partial charge in [0.25, 0.3) is 0 Å². The Kier molecular flexibility index (Phi) is 2.69. The summed E-state index contributed by atoms with van der Waals surface area (Å²) in [6.45, 7) is 0.494. The van der Waals surface area contributed by atoms with Crippen LogP contribution in [-0.2, 0) is 0 Å². The lowest BCUT2D eigenvalue weighted by molar-refractivity contribution is 0.474. The van der Waals surface area contributed by atoms with Gasteiger partial charge in [0.15, 0.2) is 0 Å². The van der Waals surface area contributed by atoms with E-state index in [1.165, 1.54) is 0 Å². The first-order chi connectivity index (χ1) is 5.34. The number of nitrogens with two attached hydrogens (primary N) is 1. The minimum absolute atomic E-state index is 0.289. The highest BCUT2D eigenvalue weighted by Gasteiger charge is 1.91. The number of rotatable bonds is 2. The molecule has 0 radical (unpaired) electrons. The van der Waals surface area contributed by atoms with Gasteiger partial charge in [0.2, 0.25) is 0 Å². The molecule has 0 aliphatic rings. The van der Waals surface area contributed by atoms with Gasteiger partial charge in [-0.15, -0.1) is 0 Å². The predicted octanol–water partition coefficient (Wildman–Crippen LogP) is 1.36. The van der Waals surface area contributed by atoms with Gasteiger partial charge in [-0.1, -0.05) is 30.4 Å². The Labute approximate surface area is 66.0 Å². The Morgan fingerprint density at radius 3 is 2.73 bits per heavy atom. The van der Waals surface area contributed by atoms with Gasteiger partial charge in [-0.25, -0.2) is 0 Å². The number of aromatic hydroxyl groups is 1. The molecule has 1 aromatic rings. The summed E-state index contributed by atoms with van der Waals surface area (Å²) in [6.07, 6.45) is 3.60. The molecular weight excluding hydrogens is 138 g/mol. The van der Waals surface area contributed by atoms with E-state index in [2.05, 4.69) is 0 Å². The summed E-state index contributed by atoms with van der Waals surface area (Å²) in [6, 6.07) is 7.14. The van der Waals surface area contributed by atoms with Crippen LogP contribution in [0.4, 0.5) is 0 Å². The molecule has 0 atom stereocenters. The van der Waals surface area contributed by atoms with Crippen LogP contribution in [0.3, 0.4) is 0 Å². The Balaban J connectivity index is 2.86. The maximum atomic E-state index is 9.25. The van der Waals surface area contributed by atoms with Gasteiger partial charge in [0.05, 0.1) is 0 Å². The molecule has 3 N–H and O–H groups in total. The number of benzene rings is 1. The van der Waals surface area contributed by atoms with E-state index in [1.807, 2.05) is 12.1 Å². The molecule has 0 amide bonds. The van der Waals surface area contributed by atoms with E-state index in [1.54, 1.807) is 24.3 Å². The van der Waals surface area contributed by atoms with Crippen molar-refractivity contribution in [1.82, 2.24) is 0 Å². The Morgan fingerprint density at radius 1 is 1.36 bits per heavy atom. The molecule has 58 valence electrons. The molecule has 0 saturated carbocycles. The summed E-state index contributed by atoms with van der Waals surface area (Å²) in [4.78, 5) is 0. The van der Waals surface area contributed by atoms with Gasteiger partial charge in [-0.05, 0) is 6.07 Å². The molecule has 0 bridgehead atoms. The monoisotopic (exact) mass is 149 g/mol. The maximum absolute atomic E-state index is 9.25. The molecule has 0 aromatic heterocycles. The Bertz CT molecular complexity index is 255. The summed E-state index contributed by atoms with van der Waals surface area (Å²) in [5, 5.41) is 9.25. The van der Waals surface area contributed by atoms with Crippen molar-refractivity contribution in [2.24, 2.45) is 5.73 Å². The number of phenols is 1. The second-order valence-corrected chi connectivity index (χ2v) is 2.20. The van der Waals surface area contributed by atoms with E-state index in [-0.39, 0.29) is 5.75 Å². The SMILES string of the molecule is NC/C=C/c1ccccc1O. The van der Waals surface area contributed by atoms with Crippen LogP contribution in [0.2, 0.25) is 0 Å². The molecule has 11 heavy (non-hydrogen) atoms. The lowest BCUT2D eigenvalue weighted by Gasteiger charge is -1.95. The molecule has 1 rings (SSSR count). The van der Waals surface area contributed by atoms with Crippen molar-refractivity contribution in [3.05, 3.63) is 35.9 Å². The third kappa shape index (κ3) is 2.09. The van der Waals surface area contributed by atoms with Crippen molar-refractivity contribution in [3.8, 4) is 5.75 Å². The summed E-state index contributed by atoms with van der Waals surface area (Å²) < 4.78 is 0. The topological polar surface area (TPSA) is 46.2 Å². The minimum Gasteiger partial charge on any atom is -0.507 e. The lowest BCUT2D eigenvalue weighted by atomic mass is 10.2. The van der Waals surface area contributed by atoms with Crippen LogP contribution in [0.25, 0.3) is 6.08 Å². The smallest absolute Gasteiger partial charge is 0.122 e. The fraction of sp³-hybridized carbons (Fsp3) is 0.111. The number of hydrogen-bond acceptors (Lipinski definition) is 2. The molecule has 2 heteroatoms. The minimum atomic E-state index is 0.289. The molecule has 0 spiro atoms. The van der Waals surface area contributed by atoms with Gasteiger partial charge in [0, 0.05) is 12.1 Å². The first kappa shape index (κ1) is 7.82. The van der Waals surface area contributed by atoms with E-state index >= 15 is 0 Å². The van der Waals surface area contributed by atoms with Crippen LogP contribution in [0.15, 0.2) is 30.3 Å². The second-order valence-electron chi connectivity index (χ2n) is 2.20. The van der Waals surface area contributed by atoms with E-state index in [9.17, 15) is 5.11 Å². The first-order valence-electron chi connectivity index (χ1n) is 3.49. The molecular formula is C9H11NO. The second kappa shape index (κ2) is 3.78. The third-order valence-corrected chi connectivity index (χ3v) is 1.37. The molecule has 0 fully saturated rings. The maximum Gasteiger partial charge on any atom is 0.122 e. The fourth-order valence-electron chi connectivity index (χ4n) is 0.823. The number of phenolic OH excluding ortho intramolecular Hbond substituents is 1. The molecule has 0 aliphatic heterocycles. The van der Waals surface area contributed by atoms with Crippen molar-refractivity contribution in [2.45, 2.75) is 0 Å². The zero-order valence-corrected chi connectivity index (χ0v) is 6.20. The zero-order chi connectivity index (χ0) is 8.10. The average Bonchev–Trinajstić information content (AvgIpc) is 2.03.